The van der Waals surface area contributed by atoms with Crippen LogP contribution >= 0.6 is 0 Å². The minimum absolute atomic E-state index is 0.0956. The van der Waals surface area contributed by atoms with E-state index in [1.807, 2.05) is 42.5 Å². The van der Waals surface area contributed by atoms with Gasteiger partial charge in [-0.15, -0.1) is 0 Å². The highest BCUT2D eigenvalue weighted by Crippen LogP contribution is 2.47. The van der Waals surface area contributed by atoms with Crippen molar-refractivity contribution in [1.29, 1.82) is 5.26 Å². The van der Waals surface area contributed by atoms with Crippen molar-refractivity contribution in [3.05, 3.63) is 78.1 Å². The van der Waals surface area contributed by atoms with Crippen molar-refractivity contribution in [3.8, 4) is 17.6 Å². The van der Waals surface area contributed by atoms with Crippen LogP contribution in [0.4, 0.5) is 5.95 Å². The Kier molecular flexibility index (Phi) is 4.50. The standard InChI is InChI=1S/C21H16N4O2/c22-11-14-6-8-15(9-7-14)18-10-19(18)20(26)25-21-23-12-17(13-24-21)27-16-4-2-1-3-5-16/h1-9,12-13,18-19H,10H2,(H,23,24,25,26)/t18-,19+/m0/s1. The van der Waals surface area contributed by atoms with Gasteiger partial charge in [0.2, 0.25) is 11.9 Å². The Morgan fingerprint density at radius 1 is 1.04 bits per heavy atom. The van der Waals surface area contributed by atoms with Crippen molar-refractivity contribution in [2.24, 2.45) is 5.92 Å². The maximum absolute atomic E-state index is 12.4. The summed E-state index contributed by atoms with van der Waals surface area (Å²) in [5.74, 6) is 1.44. The van der Waals surface area contributed by atoms with Crippen molar-refractivity contribution in [3.63, 3.8) is 0 Å². The summed E-state index contributed by atoms with van der Waals surface area (Å²) in [6.07, 6.45) is 3.84. The van der Waals surface area contributed by atoms with Gasteiger partial charge in [0.05, 0.1) is 24.0 Å². The molecule has 0 unspecified atom stereocenters. The largest absolute Gasteiger partial charge is 0.454 e. The predicted molar refractivity (Wildman–Crippen MR) is 99.2 cm³/mol. The Morgan fingerprint density at radius 2 is 1.74 bits per heavy atom. The van der Waals surface area contributed by atoms with E-state index in [2.05, 4.69) is 21.4 Å². The minimum Gasteiger partial charge on any atom is -0.454 e. The zero-order valence-electron chi connectivity index (χ0n) is 14.4. The van der Waals surface area contributed by atoms with Gasteiger partial charge < -0.3 is 4.74 Å². The Morgan fingerprint density at radius 3 is 2.41 bits per heavy atom. The smallest absolute Gasteiger partial charge is 0.230 e. The van der Waals surface area contributed by atoms with Gasteiger partial charge in [0.25, 0.3) is 0 Å². The third-order valence-electron chi connectivity index (χ3n) is 4.44. The summed E-state index contributed by atoms with van der Waals surface area (Å²) in [4.78, 5) is 20.7. The molecule has 0 spiro atoms. The van der Waals surface area contributed by atoms with Gasteiger partial charge in [-0.3, -0.25) is 10.1 Å². The lowest BCUT2D eigenvalue weighted by atomic mass is 10.1. The van der Waals surface area contributed by atoms with E-state index in [4.69, 9.17) is 10.00 Å². The molecule has 1 saturated carbocycles. The van der Waals surface area contributed by atoms with Gasteiger partial charge in [-0.25, -0.2) is 9.97 Å². The van der Waals surface area contributed by atoms with Crippen molar-refractivity contribution in [2.45, 2.75) is 12.3 Å². The second kappa shape index (κ2) is 7.26. The van der Waals surface area contributed by atoms with E-state index < -0.39 is 0 Å². The first-order valence-electron chi connectivity index (χ1n) is 8.59. The lowest BCUT2D eigenvalue weighted by Crippen LogP contribution is -2.16. The van der Waals surface area contributed by atoms with Crippen LogP contribution in [0.1, 0.15) is 23.5 Å². The number of nitrogens with one attached hydrogen (secondary N) is 1. The monoisotopic (exact) mass is 356 g/mol. The third kappa shape index (κ3) is 3.93. The number of anilines is 1. The van der Waals surface area contributed by atoms with Gasteiger partial charge >= 0.3 is 0 Å². The normalized spacial score (nSPS) is 17.6. The van der Waals surface area contributed by atoms with Crippen LogP contribution in [-0.2, 0) is 4.79 Å². The Labute approximate surface area is 156 Å². The highest BCUT2D eigenvalue weighted by Gasteiger charge is 2.44. The number of para-hydroxylation sites is 1. The number of nitriles is 1. The van der Waals surface area contributed by atoms with Gasteiger partial charge in [0.1, 0.15) is 5.75 Å². The summed E-state index contributed by atoms with van der Waals surface area (Å²) < 4.78 is 5.63. The highest BCUT2D eigenvalue weighted by atomic mass is 16.5. The van der Waals surface area contributed by atoms with Crippen molar-refractivity contribution in [2.75, 3.05) is 5.32 Å². The Balaban J connectivity index is 1.34. The fourth-order valence-electron chi connectivity index (χ4n) is 2.92. The summed E-state index contributed by atoms with van der Waals surface area (Å²) in [5.41, 5.74) is 1.69. The fourth-order valence-corrected chi connectivity index (χ4v) is 2.92. The van der Waals surface area contributed by atoms with Crippen LogP contribution < -0.4 is 10.1 Å². The lowest BCUT2D eigenvalue weighted by Gasteiger charge is -2.06. The molecule has 2 atom stereocenters. The molecule has 1 heterocycles. The number of carbonyl (C=O) groups excluding carboxylic acids is 1. The number of ether oxygens (including phenoxy) is 1. The van der Waals surface area contributed by atoms with Gasteiger partial charge in [-0.1, -0.05) is 30.3 Å². The molecule has 0 saturated heterocycles. The van der Waals surface area contributed by atoms with Crippen LogP contribution in [0.3, 0.4) is 0 Å². The molecule has 6 heteroatoms. The molecular weight excluding hydrogens is 340 g/mol. The fraction of sp³-hybridized carbons (Fsp3) is 0.143. The summed E-state index contributed by atoms with van der Waals surface area (Å²) in [5, 5.41) is 11.6. The van der Waals surface area contributed by atoms with Crippen molar-refractivity contribution in [1.82, 2.24) is 9.97 Å². The first-order valence-corrected chi connectivity index (χ1v) is 8.59. The van der Waals surface area contributed by atoms with Gasteiger partial charge in [0.15, 0.2) is 5.75 Å². The topological polar surface area (TPSA) is 87.9 Å². The first-order chi connectivity index (χ1) is 13.2. The summed E-state index contributed by atoms with van der Waals surface area (Å²) in [6.45, 7) is 0. The molecule has 6 nitrogen and oxygen atoms in total. The zero-order chi connectivity index (χ0) is 18.6. The lowest BCUT2D eigenvalue weighted by molar-refractivity contribution is -0.117. The number of hydrogen-bond donors (Lipinski definition) is 1. The molecule has 1 N–H and O–H groups in total. The number of nitrogens with zero attached hydrogens (tertiary/aromatic N) is 3. The molecule has 3 aromatic rings. The number of hydrogen-bond acceptors (Lipinski definition) is 5. The molecule has 1 amide bonds. The first kappa shape index (κ1) is 16.7. The van der Waals surface area contributed by atoms with Gasteiger partial charge in [-0.2, -0.15) is 5.26 Å². The molecule has 0 bridgehead atoms. The second-order valence-electron chi connectivity index (χ2n) is 6.33. The Bertz CT molecular complexity index is 979. The van der Waals surface area contributed by atoms with Crippen LogP contribution in [0, 0.1) is 17.2 Å². The SMILES string of the molecule is N#Cc1ccc([C@@H]2C[C@H]2C(=O)Nc2ncc(Oc3ccccc3)cn2)cc1. The predicted octanol–water partition coefficient (Wildman–Crippen LogP) is 3.88. The molecule has 0 radical (unpaired) electrons. The van der Waals surface area contributed by atoms with E-state index in [0.717, 1.165) is 12.0 Å². The van der Waals surface area contributed by atoms with Crippen LogP contribution in [0.2, 0.25) is 0 Å². The number of aromatic nitrogens is 2. The molecule has 2 aromatic carbocycles. The summed E-state index contributed by atoms with van der Waals surface area (Å²) in [6, 6.07) is 18.8. The third-order valence-corrected chi connectivity index (χ3v) is 4.44. The average Bonchev–Trinajstić information content (AvgIpc) is 3.51. The Hall–Kier alpha value is -3.72. The van der Waals surface area contributed by atoms with E-state index in [9.17, 15) is 4.79 Å². The van der Waals surface area contributed by atoms with E-state index >= 15 is 0 Å². The quantitative estimate of drug-likeness (QED) is 0.749. The molecule has 1 aromatic heterocycles. The van der Waals surface area contributed by atoms with E-state index in [-0.39, 0.29) is 23.7 Å². The number of amides is 1. The number of rotatable bonds is 5. The van der Waals surface area contributed by atoms with E-state index in [1.54, 1.807) is 12.1 Å². The van der Waals surface area contributed by atoms with Crippen LogP contribution in [0.15, 0.2) is 67.0 Å². The number of benzene rings is 2. The molecule has 4 rings (SSSR count). The zero-order valence-corrected chi connectivity index (χ0v) is 14.4. The van der Waals surface area contributed by atoms with Crippen LogP contribution in [-0.4, -0.2) is 15.9 Å². The molecule has 1 fully saturated rings. The number of carbonyl (C=O) groups is 1. The molecule has 132 valence electrons. The molecule has 1 aliphatic carbocycles. The van der Waals surface area contributed by atoms with Gasteiger partial charge in [-0.05, 0) is 42.2 Å². The maximum atomic E-state index is 12.4. The van der Waals surface area contributed by atoms with Crippen LogP contribution in [0.5, 0.6) is 11.5 Å². The molecule has 1 aliphatic rings. The van der Waals surface area contributed by atoms with Crippen molar-refractivity contribution < 1.29 is 9.53 Å². The molecule has 0 aliphatic heterocycles. The molecular formula is C21H16N4O2. The second-order valence-corrected chi connectivity index (χ2v) is 6.33. The van der Waals surface area contributed by atoms with E-state index in [1.165, 1.54) is 12.4 Å². The molecule has 27 heavy (non-hydrogen) atoms. The highest BCUT2D eigenvalue weighted by molar-refractivity contribution is 5.93. The van der Waals surface area contributed by atoms with Gasteiger partial charge in [0, 0.05) is 5.92 Å². The average molecular weight is 356 g/mol. The van der Waals surface area contributed by atoms with Crippen LogP contribution in [0.25, 0.3) is 0 Å². The summed E-state index contributed by atoms with van der Waals surface area (Å²) in [7, 11) is 0. The maximum Gasteiger partial charge on any atom is 0.230 e. The van der Waals surface area contributed by atoms with E-state index in [0.29, 0.717) is 17.1 Å². The van der Waals surface area contributed by atoms with Crippen molar-refractivity contribution >= 4 is 11.9 Å². The minimum atomic E-state index is -0.0962. The summed E-state index contributed by atoms with van der Waals surface area (Å²) >= 11 is 0.